The summed E-state index contributed by atoms with van der Waals surface area (Å²) in [5.41, 5.74) is 0.789. The van der Waals surface area contributed by atoms with E-state index in [0.717, 1.165) is 0 Å². The second-order valence-electron chi connectivity index (χ2n) is 7.00. The monoisotopic (exact) mass is 398 g/mol. The van der Waals surface area contributed by atoms with Crippen LogP contribution in [0.25, 0.3) is 0 Å². The SMILES string of the molecule is CC(C)NC(=O)c1cccc2c1CCCN2Cc1c(F)c(F)c(F)c(F)c1F. The van der Waals surface area contributed by atoms with Gasteiger partial charge in [-0.2, -0.15) is 0 Å². The van der Waals surface area contributed by atoms with Crippen LogP contribution >= 0.6 is 0 Å². The number of anilines is 1. The maximum absolute atomic E-state index is 14.1. The quantitative estimate of drug-likeness (QED) is 0.468. The van der Waals surface area contributed by atoms with Crippen LogP contribution in [0.4, 0.5) is 27.6 Å². The standard InChI is InChI=1S/C20H19F5N2O/c1-10(2)26-20(28)12-5-3-7-14-11(12)6-4-8-27(14)9-13-15(21)17(23)19(25)18(24)16(13)22/h3,5,7,10H,4,6,8-9H2,1-2H3,(H,26,28). The molecule has 2 aromatic carbocycles. The van der Waals surface area contributed by atoms with E-state index in [1.165, 1.54) is 4.90 Å². The van der Waals surface area contributed by atoms with Crippen molar-refractivity contribution in [2.24, 2.45) is 0 Å². The molecular weight excluding hydrogens is 379 g/mol. The molecule has 2 aromatic rings. The first-order valence-electron chi connectivity index (χ1n) is 8.90. The van der Waals surface area contributed by atoms with Gasteiger partial charge >= 0.3 is 0 Å². The lowest BCUT2D eigenvalue weighted by atomic mass is 9.95. The molecule has 0 bridgehead atoms. The van der Waals surface area contributed by atoms with Crippen LogP contribution in [0, 0.1) is 29.1 Å². The summed E-state index contributed by atoms with van der Waals surface area (Å²) in [6.07, 6.45) is 1.15. The topological polar surface area (TPSA) is 32.3 Å². The molecule has 1 aliphatic heterocycles. The maximum Gasteiger partial charge on any atom is 0.251 e. The third-order valence-electron chi connectivity index (χ3n) is 4.66. The van der Waals surface area contributed by atoms with Gasteiger partial charge in [0, 0.05) is 35.9 Å². The molecule has 0 atom stereocenters. The van der Waals surface area contributed by atoms with Gasteiger partial charge < -0.3 is 10.2 Å². The molecule has 0 aliphatic carbocycles. The van der Waals surface area contributed by atoms with E-state index in [0.29, 0.717) is 36.2 Å². The van der Waals surface area contributed by atoms with Crippen LogP contribution < -0.4 is 10.2 Å². The van der Waals surface area contributed by atoms with E-state index in [-0.39, 0.29) is 11.9 Å². The molecule has 0 unspecified atom stereocenters. The second-order valence-corrected chi connectivity index (χ2v) is 7.00. The van der Waals surface area contributed by atoms with E-state index in [4.69, 9.17) is 0 Å². The average Bonchev–Trinajstić information content (AvgIpc) is 2.67. The molecule has 1 heterocycles. The molecule has 1 aliphatic rings. The third kappa shape index (κ3) is 3.55. The molecule has 0 saturated heterocycles. The van der Waals surface area contributed by atoms with Crippen molar-refractivity contribution in [3.63, 3.8) is 0 Å². The highest BCUT2D eigenvalue weighted by Crippen LogP contribution is 2.33. The summed E-state index contributed by atoms with van der Waals surface area (Å²) in [7, 11) is 0. The lowest BCUT2D eigenvalue weighted by Crippen LogP contribution is -2.34. The van der Waals surface area contributed by atoms with Gasteiger partial charge in [-0.15, -0.1) is 0 Å². The first-order chi connectivity index (χ1) is 13.2. The van der Waals surface area contributed by atoms with Crippen LogP contribution in [-0.2, 0) is 13.0 Å². The van der Waals surface area contributed by atoms with Crippen molar-refractivity contribution in [3.05, 3.63) is 64.0 Å². The number of nitrogens with zero attached hydrogens (tertiary/aromatic N) is 1. The molecule has 0 radical (unpaired) electrons. The number of nitrogens with one attached hydrogen (secondary N) is 1. The first-order valence-corrected chi connectivity index (χ1v) is 8.90. The Morgan fingerprint density at radius 1 is 1.04 bits per heavy atom. The third-order valence-corrected chi connectivity index (χ3v) is 4.66. The van der Waals surface area contributed by atoms with Gasteiger partial charge in [-0.25, -0.2) is 22.0 Å². The highest BCUT2D eigenvalue weighted by atomic mass is 19.2. The smallest absolute Gasteiger partial charge is 0.251 e. The second kappa shape index (κ2) is 7.77. The van der Waals surface area contributed by atoms with Gasteiger partial charge in [-0.1, -0.05) is 6.07 Å². The van der Waals surface area contributed by atoms with Crippen molar-refractivity contribution in [1.82, 2.24) is 5.32 Å². The summed E-state index contributed by atoms with van der Waals surface area (Å²) in [5, 5.41) is 2.79. The molecule has 0 spiro atoms. The number of benzene rings is 2. The number of carbonyl (C=O) groups excluding carboxylic acids is 1. The van der Waals surface area contributed by atoms with Gasteiger partial charge in [0.05, 0.1) is 0 Å². The number of hydrogen-bond donors (Lipinski definition) is 1. The highest BCUT2D eigenvalue weighted by Gasteiger charge is 2.29. The molecule has 150 valence electrons. The molecule has 1 N–H and O–H groups in total. The first kappa shape index (κ1) is 20.1. The molecule has 0 aromatic heterocycles. The van der Waals surface area contributed by atoms with E-state index in [1.54, 1.807) is 18.2 Å². The number of halogens is 5. The summed E-state index contributed by atoms with van der Waals surface area (Å²) in [5.74, 6) is -10.0. The van der Waals surface area contributed by atoms with Gasteiger partial charge in [0.2, 0.25) is 5.82 Å². The van der Waals surface area contributed by atoms with Crippen LogP contribution in [0.5, 0.6) is 0 Å². The van der Waals surface area contributed by atoms with E-state index < -0.39 is 41.2 Å². The predicted octanol–water partition coefficient (Wildman–Crippen LogP) is 4.47. The molecule has 3 nitrogen and oxygen atoms in total. The predicted molar refractivity (Wildman–Crippen MR) is 94.6 cm³/mol. The lowest BCUT2D eigenvalue weighted by molar-refractivity contribution is 0.0942. The molecular formula is C20H19F5N2O. The van der Waals surface area contributed by atoms with Crippen molar-refractivity contribution in [2.75, 3.05) is 11.4 Å². The fourth-order valence-corrected chi connectivity index (χ4v) is 3.40. The number of carbonyl (C=O) groups is 1. The van der Waals surface area contributed by atoms with Gasteiger partial charge in [-0.3, -0.25) is 4.79 Å². The van der Waals surface area contributed by atoms with E-state index >= 15 is 0 Å². The zero-order chi connectivity index (χ0) is 20.6. The van der Waals surface area contributed by atoms with E-state index in [9.17, 15) is 26.7 Å². The zero-order valence-electron chi connectivity index (χ0n) is 15.4. The largest absolute Gasteiger partial charge is 0.367 e. The number of rotatable bonds is 4. The minimum atomic E-state index is -2.18. The molecule has 3 rings (SSSR count). The number of hydrogen-bond acceptors (Lipinski definition) is 2. The normalized spacial score (nSPS) is 13.6. The van der Waals surface area contributed by atoms with Crippen molar-refractivity contribution >= 4 is 11.6 Å². The fourth-order valence-electron chi connectivity index (χ4n) is 3.40. The lowest BCUT2D eigenvalue weighted by Gasteiger charge is -2.32. The minimum absolute atomic E-state index is 0.0728. The Hall–Kier alpha value is -2.64. The minimum Gasteiger partial charge on any atom is -0.367 e. The molecule has 0 fully saturated rings. The Bertz CT molecular complexity index is 900. The summed E-state index contributed by atoms with van der Waals surface area (Å²) in [6, 6.07) is 4.88. The number of amides is 1. The Kier molecular flexibility index (Phi) is 5.58. The highest BCUT2D eigenvalue weighted by molar-refractivity contribution is 5.97. The summed E-state index contributed by atoms with van der Waals surface area (Å²) in [6.45, 7) is 3.52. The fraction of sp³-hybridized carbons (Fsp3) is 0.350. The molecule has 28 heavy (non-hydrogen) atoms. The van der Waals surface area contributed by atoms with Gasteiger partial charge in [0.25, 0.3) is 5.91 Å². The molecule has 1 amide bonds. The van der Waals surface area contributed by atoms with Crippen molar-refractivity contribution in [1.29, 1.82) is 0 Å². The van der Waals surface area contributed by atoms with Crippen LogP contribution in [0.15, 0.2) is 18.2 Å². The van der Waals surface area contributed by atoms with Crippen molar-refractivity contribution in [3.8, 4) is 0 Å². The summed E-state index contributed by atoms with van der Waals surface area (Å²) in [4.78, 5) is 14.0. The van der Waals surface area contributed by atoms with Crippen LogP contribution in [0.1, 0.15) is 41.8 Å². The molecule has 0 saturated carbocycles. The van der Waals surface area contributed by atoms with E-state index in [1.807, 2.05) is 13.8 Å². The Balaban J connectivity index is 2.00. The summed E-state index contributed by atoms with van der Waals surface area (Å²) >= 11 is 0. The van der Waals surface area contributed by atoms with Crippen molar-refractivity contribution < 1.29 is 26.7 Å². The van der Waals surface area contributed by atoms with Crippen LogP contribution in [-0.4, -0.2) is 18.5 Å². The van der Waals surface area contributed by atoms with Crippen LogP contribution in [0.3, 0.4) is 0 Å². The van der Waals surface area contributed by atoms with Gasteiger partial charge in [0.15, 0.2) is 23.3 Å². The average molecular weight is 398 g/mol. The van der Waals surface area contributed by atoms with Crippen LogP contribution in [0.2, 0.25) is 0 Å². The Labute approximate surface area is 159 Å². The summed E-state index contributed by atoms with van der Waals surface area (Å²) < 4.78 is 68.4. The van der Waals surface area contributed by atoms with E-state index in [2.05, 4.69) is 5.32 Å². The van der Waals surface area contributed by atoms with Gasteiger partial charge in [-0.05, 0) is 44.4 Å². The van der Waals surface area contributed by atoms with Gasteiger partial charge in [0.1, 0.15) is 0 Å². The Morgan fingerprint density at radius 3 is 2.25 bits per heavy atom. The Morgan fingerprint density at radius 2 is 1.64 bits per heavy atom. The van der Waals surface area contributed by atoms with Crippen molar-refractivity contribution in [2.45, 2.75) is 39.3 Å². The molecule has 8 heteroatoms. The maximum atomic E-state index is 14.1. The zero-order valence-corrected chi connectivity index (χ0v) is 15.4. The number of fused-ring (bicyclic) bond motifs is 1.